The molecule has 0 saturated heterocycles. The third-order valence-corrected chi connectivity index (χ3v) is 3.43. The molecule has 0 fully saturated rings. The fourth-order valence-electron chi connectivity index (χ4n) is 2.09. The number of esters is 1. The Morgan fingerprint density at radius 3 is 2.44 bits per heavy atom. The molecule has 0 aromatic heterocycles. The third kappa shape index (κ3) is 4.74. The number of aryl methyl sites for hydroxylation is 1. The van der Waals surface area contributed by atoms with Gasteiger partial charge < -0.3 is 10.1 Å². The van der Waals surface area contributed by atoms with Gasteiger partial charge in [0.1, 0.15) is 0 Å². The van der Waals surface area contributed by atoms with Crippen molar-refractivity contribution in [2.75, 3.05) is 12.4 Å². The van der Waals surface area contributed by atoms with Gasteiger partial charge in [0.15, 0.2) is 0 Å². The molecule has 0 spiro atoms. The molecule has 0 aliphatic carbocycles. The van der Waals surface area contributed by atoms with E-state index in [2.05, 4.69) is 10.1 Å². The molecule has 2 rings (SSSR count). The summed E-state index contributed by atoms with van der Waals surface area (Å²) in [7, 11) is 1.30. The van der Waals surface area contributed by atoms with Gasteiger partial charge in [-0.2, -0.15) is 0 Å². The molecule has 0 radical (unpaired) electrons. The van der Waals surface area contributed by atoms with Crippen LogP contribution >= 0.6 is 0 Å². The Labute approximate surface area is 144 Å². The lowest BCUT2D eigenvalue weighted by molar-refractivity contribution is -0.385. The maximum absolute atomic E-state index is 11.9. The van der Waals surface area contributed by atoms with Crippen LogP contribution < -0.4 is 5.32 Å². The number of methoxy groups -OCH3 is 1. The maximum Gasteiger partial charge on any atom is 0.337 e. The van der Waals surface area contributed by atoms with Crippen LogP contribution in [0, 0.1) is 17.0 Å². The number of hydrogen-bond donors (Lipinski definition) is 1. The van der Waals surface area contributed by atoms with Crippen molar-refractivity contribution in [2.45, 2.75) is 6.92 Å². The molecule has 0 aliphatic heterocycles. The number of anilines is 1. The summed E-state index contributed by atoms with van der Waals surface area (Å²) < 4.78 is 4.61. The molecule has 0 saturated carbocycles. The van der Waals surface area contributed by atoms with E-state index in [0.717, 1.165) is 5.56 Å². The molecule has 7 nitrogen and oxygen atoms in total. The molecular weight excluding hydrogens is 324 g/mol. The topological polar surface area (TPSA) is 98.5 Å². The number of amides is 1. The SMILES string of the molecule is COC(=O)c1ccc(/C=C/C(=O)Nc2ccc(C)c([N+](=O)[O-])c2)cc1. The molecule has 0 unspecified atom stereocenters. The lowest BCUT2D eigenvalue weighted by Gasteiger charge is -2.04. The summed E-state index contributed by atoms with van der Waals surface area (Å²) in [6, 6.07) is 11.0. The maximum atomic E-state index is 11.9. The first-order valence-corrected chi connectivity index (χ1v) is 7.33. The van der Waals surface area contributed by atoms with Crippen LogP contribution in [0.15, 0.2) is 48.5 Å². The van der Waals surface area contributed by atoms with Crippen LogP contribution in [0.3, 0.4) is 0 Å². The lowest BCUT2D eigenvalue weighted by atomic mass is 10.1. The lowest BCUT2D eigenvalue weighted by Crippen LogP contribution is -2.08. The second kappa shape index (κ2) is 7.87. The second-order valence-corrected chi connectivity index (χ2v) is 5.19. The molecule has 0 heterocycles. The summed E-state index contributed by atoms with van der Waals surface area (Å²) in [5.41, 5.74) is 1.94. The molecule has 128 valence electrons. The summed E-state index contributed by atoms with van der Waals surface area (Å²) in [5, 5.41) is 13.5. The zero-order chi connectivity index (χ0) is 18.4. The number of carbonyl (C=O) groups is 2. The van der Waals surface area contributed by atoms with Crippen molar-refractivity contribution in [3.63, 3.8) is 0 Å². The minimum Gasteiger partial charge on any atom is -0.465 e. The summed E-state index contributed by atoms with van der Waals surface area (Å²) in [6.45, 7) is 1.63. The van der Waals surface area contributed by atoms with Crippen molar-refractivity contribution in [1.82, 2.24) is 0 Å². The zero-order valence-corrected chi connectivity index (χ0v) is 13.7. The third-order valence-electron chi connectivity index (χ3n) is 3.43. The molecule has 0 bridgehead atoms. The molecule has 1 N–H and O–H groups in total. The second-order valence-electron chi connectivity index (χ2n) is 5.19. The van der Waals surface area contributed by atoms with Crippen LogP contribution in [0.2, 0.25) is 0 Å². The van der Waals surface area contributed by atoms with E-state index in [1.165, 1.54) is 19.3 Å². The fourth-order valence-corrected chi connectivity index (χ4v) is 2.09. The van der Waals surface area contributed by atoms with Gasteiger partial charge in [0.05, 0.1) is 17.6 Å². The normalized spacial score (nSPS) is 10.5. The Balaban J connectivity index is 2.05. The first kappa shape index (κ1) is 17.9. The Hall–Kier alpha value is -3.48. The van der Waals surface area contributed by atoms with Gasteiger partial charge >= 0.3 is 5.97 Å². The molecule has 0 atom stereocenters. The van der Waals surface area contributed by atoms with Gasteiger partial charge in [-0.1, -0.05) is 18.2 Å². The van der Waals surface area contributed by atoms with Crippen LogP contribution in [0.25, 0.3) is 6.08 Å². The zero-order valence-electron chi connectivity index (χ0n) is 13.7. The predicted molar refractivity (Wildman–Crippen MR) is 93.3 cm³/mol. The molecule has 25 heavy (non-hydrogen) atoms. The monoisotopic (exact) mass is 340 g/mol. The molecule has 2 aromatic rings. The average molecular weight is 340 g/mol. The highest BCUT2D eigenvalue weighted by molar-refractivity contribution is 6.02. The van der Waals surface area contributed by atoms with Gasteiger partial charge in [0, 0.05) is 23.4 Å². The Morgan fingerprint density at radius 1 is 1.16 bits per heavy atom. The quantitative estimate of drug-likeness (QED) is 0.389. The first-order valence-electron chi connectivity index (χ1n) is 7.33. The van der Waals surface area contributed by atoms with Crippen molar-refractivity contribution in [3.05, 3.63) is 75.3 Å². The van der Waals surface area contributed by atoms with E-state index in [1.54, 1.807) is 49.4 Å². The van der Waals surface area contributed by atoms with Gasteiger partial charge in [-0.05, 0) is 36.8 Å². The van der Waals surface area contributed by atoms with Gasteiger partial charge in [-0.3, -0.25) is 14.9 Å². The minimum atomic E-state index is -0.496. The van der Waals surface area contributed by atoms with E-state index in [4.69, 9.17) is 0 Å². The van der Waals surface area contributed by atoms with Crippen molar-refractivity contribution >= 4 is 29.3 Å². The summed E-state index contributed by atoms with van der Waals surface area (Å²) in [6.07, 6.45) is 2.87. The van der Waals surface area contributed by atoms with Crippen LogP contribution in [-0.2, 0) is 9.53 Å². The van der Waals surface area contributed by atoms with Crippen molar-refractivity contribution in [2.24, 2.45) is 0 Å². The number of rotatable bonds is 5. The minimum absolute atomic E-state index is 0.0554. The van der Waals surface area contributed by atoms with Gasteiger partial charge in [-0.15, -0.1) is 0 Å². The summed E-state index contributed by atoms with van der Waals surface area (Å²) in [4.78, 5) is 33.7. The Kier molecular flexibility index (Phi) is 5.62. The van der Waals surface area contributed by atoms with Crippen LogP contribution in [0.1, 0.15) is 21.5 Å². The Bertz CT molecular complexity index is 841. The van der Waals surface area contributed by atoms with Crippen LogP contribution in [-0.4, -0.2) is 23.9 Å². The van der Waals surface area contributed by atoms with Gasteiger partial charge in [0.2, 0.25) is 5.91 Å². The van der Waals surface area contributed by atoms with E-state index in [9.17, 15) is 19.7 Å². The highest BCUT2D eigenvalue weighted by Gasteiger charge is 2.11. The fraction of sp³-hybridized carbons (Fsp3) is 0.111. The van der Waals surface area contributed by atoms with Gasteiger partial charge in [0.25, 0.3) is 5.69 Å². The summed E-state index contributed by atoms with van der Waals surface area (Å²) in [5.74, 6) is -0.857. The number of nitrogens with one attached hydrogen (secondary N) is 1. The first-order chi connectivity index (χ1) is 11.9. The predicted octanol–water partition coefficient (Wildman–Crippen LogP) is 3.34. The van der Waals surface area contributed by atoms with E-state index >= 15 is 0 Å². The van der Waals surface area contributed by atoms with Crippen molar-refractivity contribution < 1.29 is 19.2 Å². The van der Waals surface area contributed by atoms with Crippen LogP contribution in [0.4, 0.5) is 11.4 Å². The number of nitrogens with zero attached hydrogens (tertiary/aromatic N) is 1. The molecule has 0 aliphatic rings. The van der Waals surface area contributed by atoms with Crippen molar-refractivity contribution in [3.8, 4) is 0 Å². The average Bonchev–Trinajstić information content (AvgIpc) is 2.61. The van der Waals surface area contributed by atoms with Crippen molar-refractivity contribution in [1.29, 1.82) is 0 Å². The number of ether oxygens (including phenoxy) is 1. The smallest absolute Gasteiger partial charge is 0.337 e. The largest absolute Gasteiger partial charge is 0.465 e. The molecule has 2 aromatic carbocycles. The van der Waals surface area contributed by atoms with E-state index < -0.39 is 16.8 Å². The molecular formula is C18H16N2O5. The van der Waals surface area contributed by atoms with Gasteiger partial charge in [-0.25, -0.2) is 4.79 Å². The number of benzene rings is 2. The number of hydrogen-bond acceptors (Lipinski definition) is 5. The number of nitro groups is 1. The highest BCUT2D eigenvalue weighted by atomic mass is 16.6. The highest BCUT2D eigenvalue weighted by Crippen LogP contribution is 2.22. The molecule has 1 amide bonds. The van der Waals surface area contributed by atoms with E-state index in [0.29, 0.717) is 16.8 Å². The standard InChI is InChI=1S/C18H16N2O5/c1-12-3-9-15(11-16(12)20(23)24)19-17(21)10-6-13-4-7-14(8-5-13)18(22)25-2/h3-11H,1-2H3,(H,19,21)/b10-6+. The Morgan fingerprint density at radius 2 is 1.84 bits per heavy atom. The number of nitro benzene ring substituents is 1. The molecule has 7 heteroatoms. The summed E-state index contributed by atoms with van der Waals surface area (Å²) >= 11 is 0. The van der Waals surface area contributed by atoms with E-state index in [-0.39, 0.29) is 5.69 Å². The van der Waals surface area contributed by atoms with E-state index in [1.807, 2.05) is 0 Å². The number of carbonyl (C=O) groups excluding carboxylic acids is 2. The van der Waals surface area contributed by atoms with Crippen LogP contribution in [0.5, 0.6) is 0 Å².